The minimum Gasteiger partial charge on any atom is -0.461 e. The number of ketones is 2. The predicted molar refractivity (Wildman–Crippen MR) is 113 cm³/mol. The first-order valence-corrected chi connectivity index (χ1v) is 10.7. The molecule has 0 saturated carbocycles. The van der Waals surface area contributed by atoms with Crippen molar-refractivity contribution < 1.29 is 18.8 Å². The van der Waals surface area contributed by atoms with E-state index in [1.165, 1.54) is 17.6 Å². The lowest BCUT2D eigenvalue weighted by molar-refractivity contribution is -0.112. The molecule has 0 spiro atoms. The number of aryl methyl sites for hydroxylation is 2. The Hall–Kier alpha value is -3.00. The maximum atomic E-state index is 13.1. The van der Waals surface area contributed by atoms with Crippen LogP contribution in [-0.4, -0.2) is 27.3 Å². The fourth-order valence-corrected chi connectivity index (χ4v) is 5.39. The number of rotatable bonds is 5. The molecular weight excluding hydrogens is 402 g/mol. The lowest BCUT2D eigenvalue weighted by atomic mass is 9.87. The molecule has 4 rings (SSSR count). The molecule has 8 heteroatoms. The molecule has 1 N–H and O–H groups in total. The van der Waals surface area contributed by atoms with Crippen LogP contribution in [-0.2, 0) is 24.7 Å². The van der Waals surface area contributed by atoms with Crippen LogP contribution in [0.15, 0.2) is 22.8 Å². The Morgan fingerprint density at radius 1 is 1.27 bits per heavy atom. The van der Waals surface area contributed by atoms with Crippen molar-refractivity contribution in [2.75, 3.05) is 5.32 Å². The van der Waals surface area contributed by atoms with Crippen molar-refractivity contribution in [3.8, 4) is 0 Å². The minimum absolute atomic E-state index is 0.218. The van der Waals surface area contributed by atoms with E-state index in [9.17, 15) is 14.4 Å². The number of carbonyl (C=O) groups is 3. The Bertz CT molecular complexity index is 1150. The third-order valence-corrected chi connectivity index (χ3v) is 6.82. The van der Waals surface area contributed by atoms with Gasteiger partial charge in [-0.15, -0.1) is 11.3 Å². The van der Waals surface area contributed by atoms with Crippen molar-refractivity contribution in [3.63, 3.8) is 0 Å². The number of fused-ring (bicyclic) bond motifs is 1. The normalized spacial score (nSPS) is 15.7. The highest BCUT2D eigenvalue weighted by atomic mass is 32.1. The summed E-state index contributed by atoms with van der Waals surface area (Å²) in [4.78, 5) is 39.9. The van der Waals surface area contributed by atoms with Gasteiger partial charge in [0.25, 0.3) is 11.7 Å². The molecule has 0 radical (unpaired) electrons. The van der Waals surface area contributed by atoms with Gasteiger partial charge in [0.1, 0.15) is 5.00 Å². The van der Waals surface area contributed by atoms with Gasteiger partial charge in [0.05, 0.1) is 23.1 Å². The van der Waals surface area contributed by atoms with Gasteiger partial charge in [0, 0.05) is 17.6 Å². The van der Waals surface area contributed by atoms with Gasteiger partial charge in [0.15, 0.2) is 5.76 Å². The Balaban J connectivity index is 1.71. The average Bonchev–Trinajstić information content (AvgIpc) is 3.39. The maximum absolute atomic E-state index is 13.1. The molecule has 1 aliphatic carbocycles. The molecule has 30 heavy (non-hydrogen) atoms. The standard InChI is InChI=1S/C22H23N3O4S/c1-11-7-8-14-16(10-11)30-22(18(14)19(26)15-6-5-9-29-15)23-21(28)20(27)17-12(2)24-25(4)13(17)3/h5-6,9,11H,7-8,10H2,1-4H3,(H,23,28)/t11-/m1/s1. The number of aromatic nitrogens is 2. The molecule has 7 nitrogen and oxygen atoms in total. The van der Waals surface area contributed by atoms with Gasteiger partial charge in [0.2, 0.25) is 5.78 Å². The number of nitrogens with one attached hydrogen (secondary N) is 1. The zero-order chi connectivity index (χ0) is 21.6. The highest BCUT2D eigenvalue weighted by molar-refractivity contribution is 7.17. The fourth-order valence-electron chi connectivity index (χ4n) is 3.99. The molecule has 1 atom stereocenters. The number of hydrogen-bond donors (Lipinski definition) is 1. The van der Waals surface area contributed by atoms with Crippen LogP contribution in [0, 0.1) is 19.8 Å². The second-order valence-electron chi connectivity index (χ2n) is 7.81. The van der Waals surface area contributed by atoms with Crippen LogP contribution in [0.2, 0.25) is 0 Å². The fraction of sp³-hybridized carbons (Fsp3) is 0.364. The van der Waals surface area contributed by atoms with Crippen LogP contribution in [0.25, 0.3) is 0 Å². The number of amides is 1. The Labute approximate surface area is 178 Å². The van der Waals surface area contributed by atoms with Crippen molar-refractivity contribution in [2.24, 2.45) is 13.0 Å². The molecule has 156 valence electrons. The molecule has 0 bridgehead atoms. The summed E-state index contributed by atoms with van der Waals surface area (Å²) in [7, 11) is 1.73. The second-order valence-corrected chi connectivity index (χ2v) is 8.92. The van der Waals surface area contributed by atoms with Gasteiger partial charge in [-0.1, -0.05) is 6.92 Å². The number of nitrogens with zero attached hydrogens (tertiary/aromatic N) is 2. The highest BCUT2D eigenvalue weighted by Gasteiger charge is 2.31. The van der Waals surface area contributed by atoms with Crippen LogP contribution in [0.1, 0.15) is 61.6 Å². The summed E-state index contributed by atoms with van der Waals surface area (Å²) in [6, 6.07) is 3.26. The smallest absolute Gasteiger partial charge is 0.297 e. The van der Waals surface area contributed by atoms with Gasteiger partial charge < -0.3 is 9.73 Å². The van der Waals surface area contributed by atoms with Crippen LogP contribution in [0.3, 0.4) is 0 Å². The van der Waals surface area contributed by atoms with E-state index < -0.39 is 11.7 Å². The summed E-state index contributed by atoms with van der Waals surface area (Å²) in [5, 5.41) is 7.34. The van der Waals surface area contributed by atoms with Gasteiger partial charge in [-0.3, -0.25) is 19.1 Å². The number of Topliss-reactive ketones (excluding diaryl/α,β-unsaturated/α-hetero) is 1. The summed E-state index contributed by atoms with van der Waals surface area (Å²) >= 11 is 1.38. The number of anilines is 1. The molecule has 3 aromatic heterocycles. The Morgan fingerprint density at radius 2 is 2.03 bits per heavy atom. The van der Waals surface area contributed by atoms with Crippen LogP contribution < -0.4 is 5.32 Å². The first-order valence-electron chi connectivity index (χ1n) is 9.86. The third-order valence-electron chi connectivity index (χ3n) is 5.65. The van der Waals surface area contributed by atoms with Gasteiger partial charge in [-0.05, 0) is 56.7 Å². The topological polar surface area (TPSA) is 94.2 Å². The lowest BCUT2D eigenvalue weighted by Crippen LogP contribution is -2.24. The van der Waals surface area contributed by atoms with Gasteiger partial charge in [-0.25, -0.2) is 0 Å². The molecular formula is C22H23N3O4S. The monoisotopic (exact) mass is 425 g/mol. The van der Waals surface area contributed by atoms with Crippen molar-refractivity contribution in [2.45, 2.75) is 40.0 Å². The van der Waals surface area contributed by atoms with E-state index in [1.807, 2.05) is 0 Å². The molecule has 0 saturated heterocycles. The molecule has 1 aliphatic rings. The zero-order valence-electron chi connectivity index (χ0n) is 17.4. The molecule has 0 unspecified atom stereocenters. The van der Waals surface area contributed by atoms with E-state index in [-0.39, 0.29) is 11.5 Å². The van der Waals surface area contributed by atoms with E-state index >= 15 is 0 Å². The quantitative estimate of drug-likeness (QED) is 0.495. The van der Waals surface area contributed by atoms with E-state index in [4.69, 9.17) is 4.42 Å². The summed E-state index contributed by atoms with van der Waals surface area (Å²) in [5.41, 5.74) is 2.82. The summed E-state index contributed by atoms with van der Waals surface area (Å²) < 4.78 is 6.88. The first kappa shape index (κ1) is 20.3. The summed E-state index contributed by atoms with van der Waals surface area (Å²) in [6.07, 6.45) is 4.04. The Kier molecular flexibility index (Phi) is 5.19. The second kappa shape index (κ2) is 7.68. The van der Waals surface area contributed by atoms with Crippen molar-refractivity contribution in [1.29, 1.82) is 0 Å². The molecule has 0 fully saturated rings. The SMILES string of the molecule is Cc1nn(C)c(C)c1C(=O)C(=O)Nc1sc2c(c1C(=O)c1ccco1)CC[C@@H](C)C2. The summed E-state index contributed by atoms with van der Waals surface area (Å²) in [5.74, 6) is -0.976. The van der Waals surface area contributed by atoms with E-state index in [0.717, 1.165) is 29.7 Å². The zero-order valence-corrected chi connectivity index (χ0v) is 18.2. The van der Waals surface area contributed by atoms with Crippen LogP contribution in [0.5, 0.6) is 0 Å². The van der Waals surface area contributed by atoms with Crippen LogP contribution in [0.4, 0.5) is 5.00 Å². The maximum Gasteiger partial charge on any atom is 0.297 e. The number of thiophene rings is 1. The van der Waals surface area contributed by atoms with Crippen molar-refractivity contribution in [1.82, 2.24) is 9.78 Å². The first-order chi connectivity index (χ1) is 14.3. The molecule has 3 heterocycles. The minimum atomic E-state index is -0.769. The summed E-state index contributed by atoms with van der Waals surface area (Å²) in [6.45, 7) is 5.62. The van der Waals surface area contributed by atoms with E-state index in [1.54, 1.807) is 37.7 Å². The molecule has 3 aromatic rings. The molecule has 0 aliphatic heterocycles. The highest BCUT2D eigenvalue weighted by Crippen LogP contribution is 2.40. The largest absolute Gasteiger partial charge is 0.461 e. The van der Waals surface area contributed by atoms with Gasteiger partial charge in [-0.2, -0.15) is 5.10 Å². The number of carbonyl (C=O) groups excluding carboxylic acids is 3. The lowest BCUT2D eigenvalue weighted by Gasteiger charge is -2.18. The predicted octanol–water partition coefficient (Wildman–Crippen LogP) is 3.87. The van der Waals surface area contributed by atoms with Crippen molar-refractivity contribution in [3.05, 3.63) is 57.1 Å². The van der Waals surface area contributed by atoms with Crippen molar-refractivity contribution >= 4 is 33.8 Å². The molecule has 1 amide bonds. The van der Waals surface area contributed by atoms with Gasteiger partial charge >= 0.3 is 0 Å². The van der Waals surface area contributed by atoms with Crippen LogP contribution >= 0.6 is 11.3 Å². The number of furan rings is 1. The van der Waals surface area contributed by atoms with E-state index in [0.29, 0.717) is 33.4 Å². The average molecular weight is 426 g/mol. The van der Waals surface area contributed by atoms with E-state index in [2.05, 4.69) is 17.3 Å². The Morgan fingerprint density at radius 3 is 2.67 bits per heavy atom. The third kappa shape index (κ3) is 3.41. The molecule has 0 aromatic carbocycles. The number of hydrogen-bond acceptors (Lipinski definition) is 6.